The number of carbonyl (C=O) groups is 1. The van der Waals surface area contributed by atoms with E-state index >= 15 is 0 Å². The van der Waals surface area contributed by atoms with Gasteiger partial charge < -0.3 is 14.2 Å². The first-order valence-corrected chi connectivity index (χ1v) is 9.33. The van der Waals surface area contributed by atoms with Crippen molar-refractivity contribution in [3.05, 3.63) is 65.0 Å². The molecule has 1 amide bonds. The maximum Gasteiger partial charge on any atom is 0.260 e. The van der Waals surface area contributed by atoms with Crippen LogP contribution in [0.1, 0.15) is 29.5 Å². The molecule has 0 bridgehead atoms. The molecule has 1 aromatic heterocycles. The zero-order valence-corrected chi connectivity index (χ0v) is 16.7. The van der Waals surface area contributed by atoms with Gasteiger partial charge in [0.25, 0.3) is 5.91 Å². The maximum atomic E-state index is 12.6. The largest absolute Gasteiger partial charge is 0.483 e. The van der Waals surface area contributed by atoms with Gasteiger partial charge in [-0.05, 0) is 51.0 Å². The van der Waals surface area contributed by atoms with Crippen molar-refractivity contribution in [2.45, 2.75) is 34.2 Å². The normalized spacial score (nSPS) is 10.7. The van der Waals surface area contributed by atoms with Crippen molar-refractivity contribution < 1.29 is 14.1 Å². The number of ether oxygens (including phenoxy) is 1. The summed E-state index contributed by atoms with van der Waals surface area (Å²) in [5, 5.41) is 4.03. The lowest BCUT2D eigenvalue weighted by atomic mass is 10.1. The summed E-state index contributed by atoms with van der Waals surface area (Å²) in [5.74, 6) is 1.52. The molecular weight excluding hydrogens is 354 g/mol. The topological polar surface area (TPSA) is 68.5 Å². The fourth-order valence-corrected chi connectivity index (χ4v) is 2.85. The molecule has 0 spiro atoms. The predicted octanol–water partition coefficient (Wildman–Crippen LogP) is 4.09. The lowest BCUT2D eigenvalue weighted by Gasteiger charge is -2.19. The minimum atomic E-state index is -0.126. The van der Waals surface area contributed by atoms with Crippen LogP contribution in [0, 0.1) is 20.8 Å². The van der Waals surface area contributed by atoms with Crippen molar-refractivity contribution in [2.75, 3.05) is 13.2 Å². The van der Waals surface area contributed by atoms with E-state index in [1.807, 2.05) is 70.2 Å². The van der Waals surface area contributed by atoms with Crippen molar-refractivity contribution in [3.63, 3.8) is 0 Å². The van der Waals surface area contributed by atoms with E-state index in [1.54, 1.807) is 4.90 Å². The Balaban J connectivity index is 1.63. The maximum absolute atomic E-state index is 12.6. The predicted molar refractivity (Wildman–Crippen MR) is 107 cm³/mol. The number of aromatic nitrogens is 2. The van der Waals surface area contributed by atoms with Crippen molar-refractivity contribution in [3.8, 4) is 17.1 Å². The summed E-state index contributed by atoms with van der Waals surface area (Å²) in [4.78, 5) is 18.6. The smallest absolute Gasteiger partial charge is 0.260 e. The quantitative estimate of drug-likeness (QED) is 0.618. The molecule has 1 heterocycles. The molecule has 6 nitrogen and oxygen atoms in total. The van der Waals surface area contributed by atoms with Crippen LogP contribution in [-0.2, 0) is 11.3 Å². The SMILES string of the molecule is CCN(Cc1nc(-c2cccc(C)c2)no1)C(=O)COc1cc(C)ccc1C. The minimum absolute atomic E-state index is 0.0307. The van der Waals surface area contributed by atoms with Crippen LogP contribution in [0.3, 0.4) is 0 Å². The van der Waals surface area contributed by atoms with Gasteiger partial charge >= 0.3 is 0 Å². The molecule has 0 N–H and O–H groups in total. The first kappa shape index (κ1) is 19.6. The molecule has 28 heavy (non-hydrogen) atoms. The average Bonchev–Trinajstić information content (AvgIpc) is 3.15. The van der Waals surface area contributed by atoms with Gasteiger partial charge in [-0.1, -0.05) is 41.1 Å². The monoisotopic (exact) mass is 379 g/mol. The molecule has 0 aliphatic heterocycles. The molecule has 2 aromatic carbocycles. The second-order valence-electron chi connectivity index (χ2n) is 6.85. The number of amides is 1. The van der Waals surface area contributed by atoms with E-state index in [0.29, 0.717) is 18.3 Å². The highest BCUT2D eigenvalue weighted by Gasteiger charge is 2.18. The Labute approximate surface area is 165 Å². The molecule has 6 heteroatoms. The minimum Gasteiger partial charge on any atom is -0.483 e. The van der Waals surface area contributed by atoms with Gasteiger partial charge in [-0.3, -0.25) is 4.79 Å². The standard InChI is InChI=1S/C22H25N3O3/c1-5-25(21(26)14-27-19-12-16(3)9-10-17(19)4)13-20-23-22(24-28-20)18-8-6-7-15(2)11-18/h6-12H,5,13-14H2,1-4H3. The van der Waals surface area contributed by atoms with Crippen LogP contribution in [0.2, 0.25) is 0 Å². The molecule has 0 saturated heterocycles. The molecular formula is C22H25N3O3. The third-order valence-corrected chi connectivity index (χ3v) is 4.50. The molecule has 3 rings (SSSR count). The van der Waals surface area contributed by atoms with E-state index in [4.69, 9.17) is 9.26 Å². The lowest BCUT2D eigenvalue weighted by molar-refractivity contribution is -0.134. The second-order valence-corrected chi connectivity index (χ2v) is 6.85. The third-order valence-electron chi connectivity index (χ3n) is 4.50. The molecule has 0 aliphatic rings. The summed E-state index contributed by atoms with van der Waals surface area (Å²) in [6.45, 7) is 8.63. The highest BCUT2D eigenvalue weighted by Crippen LogP contribution is 2.20. The number of likely N-dealkylation sites (N-methyl/N-ethyl adjacent to an activating group) is 1. The number of hydrogen-bond acceptors (Lipinski definition) is 5. The fraction of sp³-hybridized carbons (Fsp3) is 0.318. The van der Waals surface area contributed by atoms with Crippen LogP contribution < -0.4 is 4.74 Å². The molecule has 3 aromatic rings. The fourth-order valence-electron chi connectivity index (χ4n) is 2.85. The van der Waals surface area contributed by atoms with E-state index in [9.17, 15) is 4.79 Å². The highest BCUT2D eigenvalue weighted by atomic mass is 16.5. The second kappa shape index (κ2) is 8.69. The Morgan fingerprint density at radius 3 is 2.64 bits per heavy atom. The van der Waals surface area contributed by atoms with Crippen molar-refractivity contribution in [1.29, 1.82) is 0 Å². The molecule has 0 radical (unpaired) electrons. The zero-order valence-electron chi connectivity index (χ0n) is 16.7. The van der Waals surface area contributed by atoms with E-state index in [2.05, 4.69) is 10.1 Å². The Bertz CT molecular complexity index is 965. The van der Waals surface area contributed by atoms with Gasteiger partial charge in [-0.25, -0.2) is 0 Å². The van der Waals surface area contributed by atoms with Gasteiger partial charge in [0, 0.05) is 12.1 Å². The Morgan fingerprint density at radius 1 is 1.11 bits per heavy atom. The van der Waals surface area contributed by atoms with Gasteiger partial charge in [0.1, 0.15) is 12.3 Å². The highest BCUT2D eigenvalue weighted by molar-refractivity contribution is 5.77. The number of hydrogen-bond donors (Lipinski definition) is 0. The van der Waals surface area contributed by atoms with Crippen LogP contribution in [0.25, 0.3) is 11.4 Å². The Hall–Kier alpha value is -3.15. The van der Waals surface area contributed by atoms with Gasteiger partial charge in [-0.2, -0.15) is 4.98 Å². The van der Waals surface area contributed by atoms with Gasteiger partial charge in [0.15, 0.2) is 6.61 Å². The van der Waals surface area contributed by atoms with Crippen LogP contribution in [0.5, 0.6) is 5.75 Å². The third kappa shape index (κ3) is 4.76. The van der Waals surface area contributed by atoms with Crippen molar-refractivity contribution in [2.24, 2.45) is 0 Å². The van der Waals surface area contributed by atoms with Gasteiger partial charge in [0.05, 0.1) is 0 Å². The molecule has 0 unspecified atom stereocenters. The van der Waals surface area contributed by atoms with Crippen LogP contribution >= 0.6 is 0 Å². The van der Waals surface area contributed by atoms with Crippen LogP contribution in [0.4, 0.5) is 0 Å². The van der Waals surface area contributed by atoms with Gasteiger partial charge in [0.2, 0.25) is 11.7 Å². The lowest BCUT2D eigenvalue weighted by Crippen LogP contribution is -2.34. The number of benzene rings is 2. The van der Waals surface area contributed by atoms with Crippen molar-refractivity contribution >= 4 is 5.91 Å². The Morgan fingerprint density at radius 2 is 1.89 bits per heavy atom. The molecule has 0 fully saturated rings. The first-order valence-electron chi connectivity index (χ1n) is 9.33. The van der Waals surface area contributed by atoms with Crippen LogP contribution in [-0.4, -0.2) is 34.1 Å². The molecule has 0 saturated carbocycles. The zero-order chi connectivity index (χ0) is 20.1. The van der Waals surface area contributed by atoms with Gasteiger partial charge in [-0.15, -0.1) is 0 Å². The van der Waals surface area contributed by atoms with E-state index in [1.165, 1.54) is 0 Å². The van der Waals surface area contributed by atoms with E-state index in [-0.39, 0.29) is 19.1 Å². The summed E-state index contributed by atoms with van der Waals surface area (Å²) in [7, 11) is 0. The summed E-state index contributed by atoms with van der Waals surface area (Å²) < 4.78 is 11.1. The van der Waals surface area contributed by atoms with Crippen LogP contribution in [0.15, 0.2) is 47.0 Å². The number of nitrogens with zero attached hydrogens (tertiary/aromatic N) is 3. The number of aryl methyl sites for hydroxylation is 3. The number of carbonyl (C=O) groups excluding carboxylic acids is 1. The molecule has 0 atom stereocenters. The number of rotatable bonds is 7. The van der Waals surface area contributed by atoms with E-state index < -0.39 is 0 Å². The van der Waals surface area contributed by atoms with E-state index in [0.717, 1.165) is 28.0 Å². The summed E-state index contributed by atoms with van der Waals surface area (Å²) >= 11 is 0. The molecule has 146 valence electrons. The Kier molecular flexibility index (Phi) is 6.09. The summed E-state index contributed by atoms with van der Waals surface area (Å²) in [6, 6.07) is 13.8. The molecule has 0 aliphatic carbocycles. The summed E-state index contributed by atoms with van der Waals surface area (Å²) in [6.07, 6.45) is 0. The summed E-state index contributed by atoms with van der Waals surface area (Å²) in [5.41, 5.74) is 4.11. The average molecular weight is 379 g/mol. The van der Waals surface area contributed by atoms with Crippen molar-refractivity contribution in [1.82, 2.24) is 15.0 Å². The first-order chi connectivity index (χ1) is 13.5.